The zero-order valence-electron chi connectivity index (χ0n) is 17.1. The molecule has 9 heteroatoms. The number of thiazole rings is 1. The zero-order valence-corrected chi connectivity index (χ0v) is 18.7. The monoisotopic (exact) mass is 453 g/mol. The van der Waals surface area contributed by atoms with Crippen LogP contribution in [0.2, 0.25) is 5.02 Å². The zero-order chi connectivity index (χ0) is 22.2. The number of carbonyl (C=O) groups excluding carboxylic acids is 2. The molecule has 0 unspecified atom stereocenters. The van der Waals surface area contributed by atoms with E-state index in [1.165, 1.54) is 6.20 Å². The number of aromatic nitrogens is 3. The number of halogens is 1. The highest BCUT2D eigenvalue weighted by molar-refractivity contribution is 7.17. The maximum atomic E-state index is 12.7. The van der Waals surface area contributed by atoms with Crippen molar-refractivity contribution in [3.8, 4) is 0 Å². The summed E-state index contributed by atoms with van der Waals surface area (Å²) in [5, 5.41) is 13.8. The highest BCUT2D eigenvalue weighted by Gasteiger charge is 2.18. The third-order valence-electron chi connectivity index (χ3n) is 4.77. The molecule has 0 fully saturated rings. The van der Waals surface area contributed by atoms with E-state index in [0.717, 1.165) is 22.4 Å². The van der Waals surface area contributed by atoms with Crippen LogP contribution < -0.4 is 10.6 Å². The van der Waals surface area contributed by atoms with E-state index in [0.29, 0.717) is 31.7 Å². The molecule has 0 atom stereocenters. The molecule has 0 aliphatic rings. The molecule has 3 N–H and O–H groups in total. The second kappa shape index (κ2) is 8.13. The number of aromatic amines is 1. The molecule has 0 radical (unpaired) electrons. The van der Waals surface area contributed by atoms with Gasteiger partial charge in [0.1, 0.15) is 4.88 Å². The molecule has 2 aromatic heterocycles. The molecule has 0 aliphatic heterocycles. The number of rotatable bonds is 4. The van der Waals surface area contributed by atoms with Crippen molar-refractivity contribution >= 4 is 56.5 Å². The van der Waals surface area contributed by atoms with E-state index in [4.69, 9.17) is 11.6 Å². The first-order valence-electron chi connectivity index (χ1n) is 9.53. The Morgan fingerprint density at radius 1 is 1.00 bits per heavy atom. The molecule has 2 amide bonds. The van der Waals surface area contributed by atoms with Gasteiger partial charge in [0.15, 0.2) is 5.13 Å². The van der Waals surface area contributed by atoms with Crippen molar-refractivity contribution in [3.05, 3.63) is 69.8 Å². The van der Waals surface area contributed by atoms with Crippen molar-refractivity contribution in [2.75, 3.05) is 10.6 Å². The van der Waals surface area contributed by atoms with Crippen molar-refractivity contribution in [2.24, 2.45) is 0 Å². The number of benzene rings is 2. The predicted molar refractivity (Wildman–Crippen MR) is 124 cm³/mol. The minimum atomic E-state index is -0.372. The quantitative estimate of drug-likeness (QED) is 0.381. The topological polar surface area (TPSA) is 99.8 Å². The largest absolute Gasteiger partial charge is 0.319 e. The Balaban J connectivity index is 1.46. The van der Waals surface area contributed by atoms with Gasteiger partial charge in [0.2, 0.25) is 0 Å². The van der Waals surface area contributed by atoms with Crippen LogP contribution in [0, 0.1) is 0 Å². The van der Waals surface area contributed by atoms with Crippen LogP contribution in [0.4, 0.5) is 10.8 Å². The van der Waals surface area contributed by atoms with Crippen LogP contribution in [-0.4, -0.2) is 27.0 Å². The molecular formula is C22H20ClN5O2S. The Labute approximate surface area is 187 Å². The molecular weight excluding hydrogens is 434 g/mol. The summed E-state index contributed by atoms with van der Waals surface area (Å²) < 4.78 is 0. The molecule has 0 aliphatic carbocycles. The highest BCUT2D eigenvalue weighted by atomic mass is 35.5. The third-order valence-corrected chi connectivity index (χ3v) is 6.00. The molecule has 31 heavy (non-hydrogen) atoms. The van der Waals surface area contributed by atoms with Gasteiger partial charge in [0, 0.05) is 10.9 Å². The molecule has 0 saturated carbocycles. The summed E-state index contributed by atoms with van der Waals surface area (Å²) in [6.45, 7) is 6.35. The van der Waals surface area contributed by atoms with Gasteiger partial charge in [-0.2, -0.15) is 5.10 Å². The first kappa shape index (κ1) is 21.0. The van der Waals surface area contributed by atoms with Crippen LogP contribution in [0.15, 0.2) is 48.8 Å². The Morgan fingerprint density at radius 3 is 2.45 bits per heavy atom. The van der Waals surface area contributed by atoms with Gasteiger partial charge in [-0.25, -0.2) is 4.98 Å². The number of amides is 2. The SMILES string of the molecule is CC(C)(C)c1ccc(C(=O)Nc2ncc(C(=O)Nc3c(Cl)ccc4[nH]ncc34)s2)cc1. The van der Waals surface area contributed by atoms with Crippen molar-refractivity contribution < 1.29 is 9.59 Å². The summed E-state index contributed by atoms with van der Waals surface area (Å²) in [5.41, 5.74) is 2.90. The van der Waals surface area contributed by atoms with Gasteiger partial charge in [-0.3, -0.25) is 20.0 Å². The van der Waals surface area contributed by atoms with Gasteiger partial charge in [0.25, 0.3) is 11.8 Å². The van der Waals surface area contributed by atoms with Crippen LogP contribution in [0.25, 0.3) is 10.9 Å². The van der Waals surface area contributed by atoms with E-state index >= 15 is 0 Å². The molecule has 2 aromatic carbocycles. The maximum Gasteiger partial charge on any atom is 0.267 e. The first-order chi connectivity index (χ1) is 14.7. The fourth-order valence-electron chi connectivity index (χ4n) is 3.02. The molecule has 4 aromatic rings. The smallest absolute Gasteiger partial charge is 0.267 e. The summed E-state index contributed by atoms with van der Waals surface area (Å²) in [4.78, 5) is 29.7. The lowest BCUT2D eigenvalue weighted by atomic mass is 9.87. The predicted octanol–water partition coefficient (Wildman–Crippen LogP) is 5.47. The van der Waals surface area contributed by atoms with Gasteiger partial charge in [-0.15, -0.1) is 0 Å². The molecule has 4 rings (SSSR count). The number of nitrogens with one attached hydrogen (secondary N) is 3. The minimum absolute atomic E-state index is 0.0102. The summed E-state index contributed by atoms with van der Waals surface area (Å²) >= 11 is 7.33. The summed E-state index contributed by atoms with van der Waals surface area (Å²) in [5.74, 6) is -0.656. The number of nitrogens with zero attached hydrogens (tertiary/aromatic N) is 2. The normalized spacial score (nSPS) is 11.5. The number of fused-ring (bicyclic) bond motifs is 1. The fourth-order valence-corrected chi connectivity index (χ4v) is 3.94. The minimum Gasteiger partial charge on any atom is -0.319 e. The Morgan fingerprint density at radius 2 is 1.74 bits per heavy atom. The van der Waals surface area contributed by atoms with Crippen molar-refractivity contribution in [1.29, 1.82) is 0 Å². The van der Waals surface area contributed by atoms with E-state index < -0.39 is 0 Å². The number of hydrogen-bond acceptors (Lipinski definition) is 5. The standard InChI is InChI=1S/C22H20ClN5O2S/c1-22(2,3)13-6-4-12(5-7-13)19(29)27-21-24-11-17(31-21)20(30)26-18-14-10-25-28-16(14)9-8-15(18)23/h4-11H,1-3H3,(H,25,28)(H,26,30)(H,24,27,29). The van der Waals surface area contributed by atoms with Crippen LogP contribution in [0.5, 0.6) is 0 Å². The van der Waals surface area contributed by atoms with E-state index in [1.807, 2.05) is 12.1 Å². The lowest BCUT2D eigenvalue weighted by molar-refractivity contribution is 0.102. The molecule has 2 heterocycles. The van der Waals surface area contributed by atoms with Gasteiger partial charge in [-0.1, -0.05) is 55.8 Å². The van der Waals surface area contributed by atoms with E-state index in [1.54, 1.807) is 30.5 Å². The van der Waals surface area contributed by atoms with E-state index in [-0.39, 0.29) is 17.2 Å². The van der Waals surface area contributed by atoms with E-state index in [9.17, 15) is 9.59 Å². The van der Waals surface area contributed by atoms with Gasteiger partial charge >= 0.3 is 0 Å². The fraction of sp³-hybridized carbons (Fsp3) is 0.182. The second-order valence-electron chi connectivity index (χ2n) is 8.02. The lowest BCUT2D eigenvalue weighted by Gasteiger charge is -2.18. The van der Waals surface area contributed by atoms with Crippen LogP contribution >= 0.6 is 22.9 Å². The second-order valence-corrected chi connectivity index (χ2v) is 9.46. The van der Waals surface area contributed by atoms with Gasteiger partial charge < -0.3 is 5.32 Å². The van der Waals surface area contributed by atoms with Gasteiger partial charge in [0.05, 0.1) is 28.6 Å². The summed E-state index contributed by atoms with van der Waals surface area (Å²) in [6, 6.07) is 10.9. The first-order valence-corrected chi connectivity index (χ1v) is 10.7. The van der Waals surface area contributed by atoms with Crippen molar-refractivity contribution in [1.82, 2.24) is 15.2 Å². The van der Waals surface area contributed by atoms with Crippen LogP contribution in [0.3, 0.4) is 0 Å². The Kier molecular flexibility index (Phi) is 5.51. The van der Waals surface area contributed by atoms with Crippen molar-refractivity contribution in [2.45, 2.75) is 26.2 Å². The highest BCUT2D eigenvalue weighted by Crippen LogP contribution is 2.31. The summed E-state index contributed by atoms with van der Waals surface area (Å²) in [6.07, 6.45) is 3.02. The third kappa shape index (κ3) is 4.45. The average molecular weight is 454 g/mol. The van der Waals surface area contributed by atoms with Gasteiger partial charge in [-0.05, 0) is 35.2 Å². The number of carbonyl (C=O) groups is 2. The molecule has 0 bridgehead atoms. The summed E-state index contributed by atoms with van der Waals surface area (Å²) in [7, 11) is 0. The number of anilines is 2. The molecule has 0 saturated heterocycles. The molecule has 7 nitrogen and oxygen atoms in total. The van der Waals surface area contributed by atoms with Crippen molar-refractivity contribution in [3.63, 3.8) is 0 Å². The van der Waals surface area contributed by atoms with Crippen LogP contribution in [-0.2, 0) is 5.41 Å². The lowest BCUT2D eigenvalue weighted by Crippen LogP contribution is -2.14. The Bertz CT molecular complexity index is 1270. The van der Waals surface area contributed by atoms with E-state index in [2.05, 4.69) is 46.6 Å². The Hall–Kier alpha value is -3.23. The number of hydrogen-bond donors (Lipinski definition) is 3. The average Bonchev–Trinajstić information content (AvgIpc) is 3.39. The molecule has 0 spiro atoms. The maximum absolute atomic E-state index is 12.7. The molecule has 158 valence electrons. The number of H-pyrrole nitrogens is 1. The van der Waals surface area contributed by atoms with Crippen LogP contribution in [0.1, 0.15) is 46.4 Å².